The number of amides is 1. The molecule has 0 radical (unpaired) electrons. The summed E-state index contributed by atoms with van der Waals surface area (Å²) in [6.45, 7) is 7.26. The Balaban J connectivity index is 1.33. The first-order valence-corrected chi connectivity index (χ1v) is 16.0. The number of aryl methyl sites for hydroxylation is 2. The van der Waals surface area contributed by atoms with Crippen LogP contribution in [0.15, 0.2) is 16.6 Å². The van der Waals surface area contributed by atoms with E-state index in [0.717, 1.165) is 68.5 Å². The third-order valence-electron chi connectivity index (χ3n) is 6.69. The number of ether oxygens (including phenoxy) is 2. The van der Waals surface area contributed by atoms with Crippen molar-refractivity contribution in [2.75, 3.05) is 17.7 Å². The van der Waals surface area contributed by atoms with Crippen LogP contribution in [0.2, 0.25) is 0 Å². The highest BCUT2D eigenvalue weighted by Gasteiger charge is 2.28. The highest BCUT2D eigenvalue weighted by Crippen LogP contribution is 2.39. The molecule has 3 aromatic heterocycles. The molecule has 1 amide bonds. The van der Waals surface area contributed by atoms with Gasteiger partial charge in [0.2, 0.25) is 5.91 Å². The zero-order valence-corrected chi connectivity index (χ0v) is 24.5. The Morgan fingerprint density at radius 1 is 1.26 bits per heavy atom. The van der Waals surface area contributed by atoms with Gasteiger partial charge in [0.1, 0.15) is 5.00 Å². The van der Waals surface area contributed by atoms with E-state index >= 15 is 0 Å². The zero-order chi connectivity index (χ0) is 26.6. The van der Waals surface area contributed by atoms with Crippen molar-refractivity contribution in [3.05, 3.63) is 32.3 Å². The number of fused-ring (bicyclic) bond motifs is 1. The molecule has 1 aliphatic heterocycles. The van der Waals surface area contributed by atoms with Crippen molar-refractivity contribution in [1.29, 1.82) is 0 Å². The van der Waals surface area contributed by atoms with Crippen LogP contribution < -0.4 is 5.32 Å². The van der Waals surface area contributed by atoms with Gasteiger partial charge in [-0.1, -0.05) is 18.7 Å². The summed E-state index contributed by atoms with van der Waals surface area (Å²) in [6, 6.07) is 2.16. The number of thioether (sulfide) groups is 1. The van der Waals surface area contributed by atoms with Gasteiger partial charge in [-0.25, -0.2) is 4.79 Å². The molecule has 1 aliphatic carbocycles. The fourth-order valence-electron chi connectivity index (χ4n) is 4.88. The normalized spacial score (nSPS) is 17.1. The van der Waals surface area contributed by atoms with E-state index in [4.69, 9.17) is 9.47 Å². The summed E-state index contributed by atoms with van der Waals surface area (Å²) in [5, 5.41) is 15.4. The van der Waals surface area contributed by atoms with Gasteiger partial charge in [0, 0.05) is 27.3 Å². The van der Waals surface area contributed by atoms with Gasteiger partial charge < -0.3 is 14.8 Å². The van der Waals surface area contributed by atoms with Gasteiger partial charge in [-0.15, -0.1) is 32.9 Å². The van der Waals surface area contributed by atoms with Gasteiger partial charge in [0.15, 0.2) is 11.0 Å². The molecular formula is C27H34N4O4S3. The number of rotatable bonds is 10. The lowest BCUT2D eigenvalue weighted by Gasteiger charge is -2.15. The number of carbonyl (C=O) groups is 2. The van der Waals surface area contributed by atoms with E-state index in [0.29, 0.717) is 22.3 Å². The van der Waals surface area contributed by atoms with Crippen LogP contribution in [0.1, 0.15) is 72.1 Å². The molecule has 0 bridgehead atoms. The zero-order valence-electron chi connectivity index (χ0n) is 22.1. The summed E-state index contributed by atoms with van der Waals surface area (Å²) in [4.78, 5) is 28.5. The number of carbonyl (C=O) groups excluding carboxylic acids is 2. The lowest BCUT2D eigenvalue weighted by molar-refractivity contribution is -0.113. The Kier molecular flexibility index (Phi) is 8.87. The smallest absolute Gasteiger partial charge is 0.341 e. The molecule has 0 spiro atoms. The monoisotopic (exact) mass is 574 g/mol. The van der Waals surface area contributed by atoms with Crippen molar-refractivity contribution in [1.82, 2.24) is 14.8 Å². The van der Waals surface area contributed by atoms with Gasteiger partial charge >= 0.3 is 5.97 Å². The number of nitrogens with one attached hydrogen (secondary N) is 1. The number of anilines is 1. The van der Waals surface area contributed by atoms with E-state index < -0.39 is 0 Å². The minimum Gasteiger partial charge on any atom is -0.459 e. The molecule has 204 valence electrons. The van der Waals surface area contributed by atoms with Crippen LogP contribution in [-0.4, -0.2) is 51.2 Å². The van der Waals surface area contributed by atoms with E-state index in [-0.39, 0.29) is 29.8 Å². The molecule has 8 nitrogen and oxygen atoms in total. The van der Waals surface area contributed by atoms with Crippen LogP contribution >= 0.6 is 34.4 Å². The first-order valence-electron chi connectivity index (χ1n) is 13.3. The summed E-state index contributed by atoms with van der Waals surface area (Å²) in [5.74, 6) is 0.438. The van der Waals surface area contributed by atoms with Gasteiger partial charge in [-0.2, -0.15) is 0 Å². The SMILES string of the molecule is CCc1cc(-c2nnc(SCC(=O)Nc3sc4c(c3C(=O)OC(C)C)CCCC4)n2CC2CCCO2)cs1. The fraction of sp³-hybridized carbons (Fsp3) is 0.556. The molecule has 1 unspecified atom stereocenters. The van der Waals surface area contributed by atoms with Crippen molar-refractivity contribution in [3.63, 3.8) is 0 Å². The predicted molar refractivity (Wildman–Crippen MR) is 153 cm³/mol. The molecule has 38 heavy (non-hydrogen) atoms. The van der Waals surface area contributed by atoms with Crippen molar-refractivity contribution >= 4 is 51.3 Å². The second kappa shape index (κ2) is 12.3. The molecule has 2 aliphatic rings. The van der Waals surface area contributed by atoms with Crippen LogP contribution in [-0.2, 0) is 40.1 Å². The maximum Gasteiger partial charge on any atom is 0.341 e. The number of nitrogens with zero attached hydrogens (tertiary/aromatic N) is 3. The minimum atomic E-state index is -0.356. The molecule has 11 heteroatoms. The third-order valence-corrected chi connectivity index (χ3v) is 9.95. The molecule has 1 N–H and O–H groups in total. The van der Waals surface area contributed by atoms with Crippen LogP contribution in [0.4, 0.5) is 5.00 Å². The molecular weight excluding hydrogens is 541 g/mol. The van der Waals surface area contributed by atoms with E-state index in [9.17, 15) is 9.59 Å². The Hall–Kier alpha value is -2.21. The van der Waals surface area contributed by atoms with Crippen LogP contribution in [0.5, 0.6) is 0 Å². The maximum atomic E-state index is 13.1. The molecule has 1 saturated heterocycles. The molecule has 1 fully saturated rings. The average molecular weight is 575 g/mol. The Labute approximate surface area is 235 Å². The van der Waals surface area contributed by atoms with Gasteiger partial charge in [-0.05, 0) is 70.4 Å². The predicted octanol–water partition coefficient (Wildman–Crippen LogP) is 5.98. The number of hydrogen-bond acceptors (Lipinski definition) is 9. The van der Waals surface area contributed by atoms with Crippen LogP contribution in [0, 0.1) is 0 Å². The molecule has 0 aromatic carbocycles. The van der Waals surface area contributed by atoms with Gasteiger partial charge in [-0.3, -0.25) is 9.36 Å². The summed E-state index contributed by atoms with van der Waals surface area (Å²) >= 11 is 4.59. The first-order chi connectivity index (χ1) is 18.4. The summed E-state index contributed by atoms with van der Waals surface area (Å²) in [7, 11) is 0. The van der Waals surface area contributed by atoms with Crippen LogP contribution in [0.25, 0.3) is 11.4 Å². The number of hydrogen-bond donors (Lipinski definition) is 1. The van der Waals surface area contributed by atoms with Gasteiger partial charge in [0.05, 0.1) is 30.1 Å². The largest absolute Gasteiger partial charge is 0.459 e. The van der Waals surface area contributed by atoms with E-state index in [2.05, 4.69) is 38.5 Å². The highest BCUT2D eigenvalue weighted by molar-refractivity contribution is 7.99. The van der Waals surface area contributed by atoms with Crippen molar-refractivity contribution in [2.24, 2.45) is 0 Å². The number of aromatic nitrogens is 3. The Morgan fingerprint density at radius 2 is 2.11 bits per heavy atom. The lowest BCUT2D eigenvalue weighted by Crippen LogP contribution is -2.19. The average Bonchev–Trinajstić information content (AvgIpc) is 3.68. The summed E-state index contributed by atoms with van der Waals surface area (Å²) in [5.41, 5.74) is 2.62. The first kappa shape index (κ1) is 27.4. The highest BCUT2D eigenvalue weighted by atomic mass is 32.2. The molecule has 0 saturated carbocycles. The molecule has 1 atom stereocenters. The third kappa shape index (κ3) is 6.16. The summed E-state index contributed by atoms with van der Waals surface area (Å²) < 4.78 is 13.5. The minimum absolute atomic E-state index is 0.120. The van der Waals surface area contributed by atoms with E-state index in [1.165, 1.54) is 32.9 Å². The molecule has 3 aromatic rings. The topological polar surface area (TPSA) is 95.3 Å². The lowest BCUT2D eigenvalue weighted by atomic mass is 9.95. The molecule has 5 rings (SSSR count). The van der Waals surface area contributed by atoms with Crippen molar-refractivity contribution in [2.45, 2.75) is 89.6 Å². The van der Waals surface area contributed by atoms with Crippen molar-refractivity contribution < 1.29 is 19.1 Å². The van der Waals surface area contributed by atoms with Crippen LogP contribution in [0.3, 0.4) is 0 Å². The van der Waals surface area contributed by atoms with E-state index in [1.807, 2.05) is 13.8 Å². The molecule has 4 heterocycles. The van der Waals surface area contributed by atoms with Crippen molar-refractivity contribution in [3.8, 4) is 11.4 Å². The summed E-state index contributed by atoms with van der Waals surface area (Å²) in [6.07, 6.45) is 6.85. The second-order valence-corrected chi connectivity index (χ2v) is 13.0. The van der Waals surface area contributed by atoms with E-state index in [1.54, 1.807) is 11.3 Å². The fourth-order valence-corrected chi connectivity index (χ4v) is 7.74. The quantitative estimate of drug-likeness (QED) is 0.235. The second-order valence-electron chi connectivity index (χ2n) is 9.91. The number of thiophene rings is 2. The maximum absolute atomic E-state index is 13.1. The Bertz CT molecular complexity index is 1290. The standard InChI is InChI=1S/C27H34N4O4S3/c1-4-19-12-17(14-36-19)24-29-30-27(31(24)13-18-8-7-11-34-18)37-15-22(32)28-25-23(26(33)35-16(2)3)20-9-5-6-10-21(20)38-25/h12,14,16,18H,4-11,13,15H2,1-3H3,(H,28,32). The Morgan fingerprint density at radius 3 is 2.84 bits per heavy atom. The van der Waals surface area contributed by atoms with Gasteiger partial charge in [0.25, 0.3) is 0 Å². The number of esters is 1.